The van der Waals surface area contributed by atoms with Gasteiger partial charge in [0, 0.05) is 37.2 Å². The lowest BCUT2D eigenvalue weighted by Gasteiger charge is -2.32. The summed E-state index contributed by atoms with van der Waals surface area (Å²) < 4.78 is 16.5. The van der Waals surface area contributed by atoms with Gasteiger partial charge in [0.15, 0.2) is 6.61 Å². The average Bonchev–Trinajstić information content (AvgIpc) is 2.94. The summed E-state index contributed by atoms with van der Waals surface area (Å²) in [4.78, 5) is 28.8. The van der Waals surface area contributed by atoms with Crippen molar-refractivity contribution in [2.75, 3.05) is 20.8 Å². The van der Waals surface area contributed by atoms with E-state index in [-0.39, 0.29) is 31.0 Å². The van der Waals surface area contributed by atoms with Crippen LogP contribution in [0.25, 0.3) is 0 Å². The molecule has 0 aliphatic carbocycles. The van der Waals surface area contributed by atoms with E-state index in [0.29, 0.717) is 23.7 Å². The lowest BCUT2D eigenvalue weighted by Crippen LogP contribution is -2.53. The highest BCUT2D eigenvalue weighted by Crippen LogP contribution is 2.27. The predicted octanol–water partition coefficient (Wildman–Crippen LogP) is 4.64. The fraction of sp³-hybridized carbons (Fsp3) is 0.333. The zero-order valence-electron chi connectivity index (χ0n) is 22.0. The monoisotopic (exact) mass is 504 g/mol. The highest BCUT2D eigenvalue weighted by molar-refractivity contribution is 5.88. The summed E-state index contributed by atoms with van der Waals surface area (Å²) in [5.74, 6) is 1.06. The molecule has 7 nitrogen and oxygen atoms in total. The van der Waals surface area contributed by atoms with Crippen LogP contribution in [0.4, 0.5) is 0 Å². The zero-order valence-corrected chi connectivity index (χ0v) is 22.0. The Labute approximate surface area is 219 Å². The molecule has 3 rings (SSSR count). The first-order valence-corrected chi connectivity index (χ1v) is 12.5. The first-order chi connectivity index (χ1) is 17.9. The van der Waals surface area contributed by atoms with Crippen LogP contribution in [-0.4, -0.2) is 49.6 Å². The Balaban J connectivity index is 1.90. The Kier molecular flexibility index (Phi) is 10.4. The maximum Gasteiger partial charge on any atom is 0.261 e. The highest BCUT2D eigenvalue weighted by Gasteiger charge is 2.31. The molecule has 7 heteroatoms. The van der Waals surface area contributed by atoms with Crippen LogP contribution in [0.15, 0.2) is 78.9 Å². The average molecular weight is 505 g/mol. The molecule has 0 heterocycles. The smallest absolute Gasteiger partial charge is 0.261 e. The number of rotatable bonds is 13. The zero-order chi connectivity index (χ0) is 26.6. The maximum absolute atomic E-state index is 13.7. The molecule has 0 fully saturated rings. The summed E-state index contributed by atoms with van der Waals surface area (Å²) in [6.45, 7) is 4.00. The van der Waals surface area contributed by atoms with E-state index in [1.165, 1.54) is 0 Å². The van der Waals surface area contributed by atoms with Crippen LogP contribution in [0.2, 0.25) is 0 Å². The fourth-order valence-corrected chi connectivity index (χ4v) is 3.87. The van der Waals surface area contributed by atoms with Crippen molar-refractivity contribution in [3.63, 3.8) is 0 Å². The normalized spacial score (nSPS) is 12.2. The van der Waals surface area contributed by atoms with E-state index in [4.69, 9.17) is 14.2 Å². The Morgan fingerprint density at radius 3 is 1.92 bits per heavy atom. The minimum atomic E-state index is -0.715. The summed E-state index contributed by atoms with van der Waals surface area (Å²) in [5, 5.41) is 3.07. The Bertz CT molecular complexity index is 1110. The van der Waals surface area contributed by atoms with Crippen LogP contribution in [0.5, 0.6) is 17.2 Å². The quantitative estimate of drug-likeness (QED) is 0.367. The Hall–Kier alpha value is -4.00. The van der Waals surface area contributed by atoms with Crippen LogP contribution in [0.1, 0.15) is 31.4 Å². The first kappa shape index (κ1) is 27.6. The summed E-state index contributed by atoms with van der Waals surface area (Å²) in [7, 11) is 3.10. The van der Waals surface area contributed by atoms with Crippen LogP contribution < -0.4 is 19.5 Å². The first-order valence-electron chi connectivity index (χ1n) is 12.5. The molecule has 0 aliphatic heterocycles. The third-order valence-corrected chi connectivity index (χ3v) is 6.16. The maximum atomic E-state index is 13.7. The minimum Gasteiger partial charge on any atom is -0.496 e. The molecule has 1 N–H and O–H groups in total. The van der Waals surface area contributed by atoms with Crippen molar-refractivity contribution in [3.05, 3.63) is 90.0 Å². The van der Waals surface area contributed by atoms with Gasteiger partial charge in [-0.3, -0.25) is 9.59 Å². The molecule has 0 saturated carbocycles. The lowest BCUT2D eigenvalue weighted by atomic mass is 10.0. The number of methoxy groups -OCH3 is 2. The van der Waals surface area contributed by atoms with Gasteiger partial charge >= 0.3 is 0 Å². The number of hydrogen-bond acceptors (Lipinski definition) is 5. The molecule has 0 radical (unpaired) electrons. The molecule has 37 heavy (non-hydrogen) atoms. The van der Waals surface area contributed by atoms with E-state index in [0.717, 1.165) is 17.5 Å². The van der Waals surface area contributed by atoms with E-state index < -0.39 is 6.04 Å². The van der Waals surface area contributed by atoms with Crippen LogP contribution >= 0.6 is 0 Å². The SMILES string of the molecule is CC[C@@H](C)NC(=O)[C@@H](Cc1ccccc1)N(Cc1ccccc1)C(=O)COc1cc(OC)cc(OC)c1. The molecule has 0 unspecified atom stereocenters. The second kappa shape index (κ2) is 13.9. The molecule has 0 bridgehead atoms. The van der Waals surface area contributed by atoms with Gasteiger partial charge in [-0.1, -0.05) is 67.6 Å². The molecule has 3 aromatic carbocycles. The van der Waals surface area contributed by atoms with Crippen LogP contribution in [0.3, 0.4) is 0 Å². The largest absolute Gasteiger partial charge is 0.496 e. The van der Waals surface area contributed by atoms with Gasteiger partial charge in [0.2, 0.25) is 5.91 Å². The van der Waals surface area contributed by atoms with Gasteiger partial charge in [-0.2, -0.15) is 0 Å². The Morgan fingerprint density at radius 2 is 1.38 bits per heavy atom. The van der Waals surface area contributed by atoms with E-state index in [2.05, 4.69) is 5.32 Å². The third kappa shape index (κ3) is 8.27. The molecular weight excluding hydrogens is 468 g/mol. The number of nitrogens with zero attached hydrogens (tertiary/aromatic N) is 1. The van der Waals surface area contributed by atoms with Gasteiger partial charge in [-0.25, -0.2) is 0 Å². The van der Waals surface area contributed by atoms with Crippen molar-refractivity contribution in [2.24, 2.45) is 0 Å². The van der Waals surface area contributed by atoms with Crippen LogP contribution in [-0.2, 0) is 22.6 Å². The number of ether oxygens (including phenoxy) is 3. The van der Waals surface area contributed by atoms with Crippen LogP contribution in [0, 0.1) is 0 Å². The van der Waals surface area contributed by atoms with E-state index in [9.17, 15) is 9.59 Å². The number of carbonyl (C=O) groups is 2. The molecule has 0 spiro atoms. The van der Waals surface area contributed by atoms with Crippen molar-refractivity contribution in [3.8, 4) is 17.2 Å². The van der Waals surface area contributed by atoms with Crippen molar-refractivity contribution in [1.82, 2.24) is 10.2 Å². The van der Waals surface area contributed by atoms with E-state index >= 15 is 0 Å². The number of nitrogens with one attached hydrogen (secondary N) is 1. The standard InChI is InChI=1S/C30H36N2O5/c1-5-22(2)31-30(34)28(16-23-12-8-6-9-13-23)32(20-24-14-10-7-11-15-24)29(33)21-37-27-18-25(35-3)17-26(19-27)36-4/h6-15,17-19,22,28H,5,16,20-21H2,1-4H3,(H,31,34)/t22-,28-/m1/s1. The second-order valence-corrected chi connectivity index (χ2v) is 8.87. The van der Waals surface area contributed by atoms with Gasteiger partial charge in [-0.05, 0) is 24.5 Å². The van der Waals surface area contributed by atoms with E-state index in [1.807, 2.05) is 74.5 Å². The number of amides is 2. The minimum absolute atomic E-state index is 0.0139. The number of benzene rings is 3. The third-order valence-electron chi connectivity index (χ3n) is 6.16. The summed E-state index contributed by atoms with van der Waals surface area (Å²) in [6.07, 6.45) is 1.17. The number of hydrogen-bond donors (Lipinski definition) is 1. The molecule has 0 saturated heterocycles. The predicted molar refractivity (Wildman–Crippen MR) is 144 cm³/mol. The Morgan fingerprint density at radius 1 is 0.838 bits per heavy atom. The highest BCUT2D eigenvalue weighted by atomic mass is 16.5. The topological polar surface area (TPSA) is 77.1 Å². The molecule has 2 atom stereocenters. The summed E-state index contributed by atoms with van der Waals surface area (Å²) in [5.41, 5.74) is 1.89. The summed E-state index contributed by atoms with van der Waals surface area (Å²) in [6, 6.07) is 23.8. The van der Waals surface area contributed by atoms with E-state index in [1.54, 1.807) is 37.3 Å². The molecule has 0 aliphatic rings. The van der Waals surface area contributed by atoms with Gasteiger partial charge in [-0.15, -0.1) is 0 Å². The molecule has 0 aromatic heterocycles. The van der Waals surface area contributed by atoms with Crippen molar-refractivity contribution in [2.45, 2.75) is 45.3 Å². The lowest BCUT2D eigenvalue weighted by molar-refractivity contribution is -0.143. The molecular formula is C30H36N2O5. The molecule has 3 aromatic rings. The van der Waals surface area contributed by atoms with Gasteiger partial charge in [0.1, 0.15) is 23.3 Å². The van der Waals surface area contributed by atoms with Gasteiger partial charge in [0.05, 0.1) is 14.2 Å². The summed E-state index contributed by atoms with van der Waals surface area (Å²) >= 11 is 0. The molecule has 2 amide bonds. The van der Waals surface area contributed by atoms with Crippen molar-refractivity contribution >= 4 is 11.8 Å². The van der Waals surface area contributed by atoms with Crippen molar-refractivity contribution in [1.29, 1.82) is 0 Å². The number of carbonyl (C=O) groups excluding carboxylic acids is 2. The second-order valence-electron chi connectivity index (χ2n) is 8.87. The molecule has 196 valence electrons. The van der Waals surface area contributed by atoms with Gasteiger partial charge < -0.3 is 24.4 Å². The fourth-order valence-electron chi connectivity index (χ4n) is 3.87. The van der Waals surface area contributed by atoms with Gasteiger partial charge in [0.25, 0.3) is 5.91 Å². The van der Waals surface area contributed by atoms with Crippen molar-refractivity contribution < 1.29 is 23.8 Å².